The van der Waals surface area contributed by atoms with Crippen molar-refractivity contribution in [3.05, 3.63) is 53.6 Å². The van der Waals surface area contributed by atoms with Gasteiger partial charge in [0.05, 0.1) is 0 Å². The monoisotopic (exact) mass is 459 g/mol. The molecule has 0 bridgehead atoms. The van der Waals surface area contributed by atoms with E-state index in [9.17, 15) is 13.9 Å². The largest absolute Gasteiger partial charge is 0.755 e. The van der Waals surface area contributed by atoms with Crippen LogP contribution in [0.5, 0.6) is 5.75 Å². The van der Waals surface area contributed by atoms with Gasteiger partial charge >= 0.3 is 0 Å². The Morgan fingerprint density at radius 3 is 2.03 bits per heavy atom. The molecule has 3 N–H and O–H groups in total. The number of unbranched alkanes of at least 4 members (excludes halogenated alkanes) is 9. The first kappa shape index (κ1) is 26.2. The molecule has 0 saturated carbocycles. The minimum atomic E-state index is -2.37. The second-order valence-electron chi connectivity index (χ2n) is 8.55. The molecule has 0 amide bonds. The summed E-state index contributed by atoms with van der Waals surface area (Å²) in [6.07, 6.45) is 14.7. The average Bonchev–Trinajstić information content (AvgIpc) is 2.77. The van der Waals surface area contributed by atoms with Crippen LogP contribution >= 0.6 is 0 Å². The van der Waals surface area contributed by atoms with Crippen molar-refractivity contribution in [2.45, 2.75) is 84.0 Å². The zero-order chi connectivity index (χ0) is 23.2. The van der Waals surface area contributed by atoms with Gasteiger partial charge in [0.15, 0.2) is 0 Å². The normalized spacial score (nSPS) is 12.1. The van der Waals surface area contributed by atoms with E-state index in [2.05, 4.69) is 6.92 Å². The van der Waals surface area contributed by atoms with Gasteiger partial charge in [0.25, 0.3) is 0 Å². The van der Waals surface area contributed by atoms with E-state index in [0.29, 0.717) is 24.3 Å². The maximum Gasteiger partial charge on any atom is 0.117 e. The van der Waals surface area contributed by atoms with E-state index in [-0.39, 0.29) is 5.75 Å². The predicted molar refractivity (Wildman–Crippen MR) is 134 cm³/mol. The first-order valence-electron chi connectivity index (χ1n) is 12.0. The molecule has 0 aliphatic carbocycles. The minimum Gasteiger partial charge on any atom is -0.755 e. The minimum absolute atomic E-state index is 0.105. The molecule has 32 heavy (non-hydrogen) atoms. The Labute approximate surface area is 196 Å². The molecule has 0 radical (unpaired) electrons. The van der Waals surface area contributed by atoms with E-state index >= 15 is 0 Å². The number of aryl methyl sites for hydroxylation is 1. The summed E-state index contributed by atoms with van der Waals surface area (Å²) >= 11 is -2.37. The second-order valence-corrected chi connectivity index (χ2v) is 9.43. The van der Waals surface area contributed by atoms with Crippen LogP contribution in [0.25, 0.3) is 0 Å². The van der Waals surface area contributed by atoms with Crippen LogP contribution in [-0.2, 0) is 24.1 Å². The fourth-order valence-electron chi connectivity index (χ4n) is 3.97. The van der Waals surface area contributed by atoms with Gasteiger partial charge in [-0.1, -0.05) is 82.9 Å². The van der Waals surface area contributed by atoms with Crippen molar-refractivity contribution in [3.8, 4) is 5.75 Å². The van der Waals surface area contributed by atoms with Crippen LogP contribution in [0.2, 0.25) is 0 Å². The highest BCUT2D eigenvalue weighted by Gasteiger charge is 2.09. The Balaban J connectivity index is 1.72. The van der Waals surface area contributed by atoms with Crippen LogP contribution in [0.3, 0.4) is 0 Å². The number of nitrogens with two attached hydrogens (primary N) is 1. The summed E-state index contributed by atoms with van der Waals surface area (Å²) in [5.74, 6) is 0.105. The molecule has 0 spiro atoms. The van der Waals surface area contributed by atoms with Gasteiger partial charge in [0.1, 0.15) is 5.75 Å². The summed E-state index contributed by atoms with van der Waals surface area (Å²) in [5, 5.41) is 9.47. The van der Waals surface area contributed by atoms with Crippen LogP contribution in [0.1, 0.15) is 82.3 Å². The first-order valence-corrected chi connectivity index (χ1v) is 13.1. The Morgan fingerprint density at radius 1 is 0.875 bits per heavy atom. The molecule has 1 atom stereocenters. The summed E-state index contributed by atoms with van der Waals surface area (Å²) in [6.45, 7) is 2.55. The Kier molecular flexibility index (Phi) is 12.2. The van der Waals surface area contributed by atoms with Crippen molar-refractivity contribution in [2.24, 2.45) is 0 Å². The number of nitrogens with zero attached hydrogens (tertiary/aromatic N) is 1. The third kappa shape index (κ3) is 9.61. The lowest BCUT2D eigenvalue weighted by atomic mass is 10.0. The number of rotatable bonds is 16. The Hall–Kier alpha value is -2.05. The molecule has 0 aliphatic rings. The van der Waals surface area contributed by atoms with Crippen LogP contribution in [0.15, 0.2) is 42.5 Å². The predicted octanol–water partition coefficient (Wildman–Crippen LogP) is 6.28. The molecule has 0 aliphatic heterocycles. The molecule has 0 aromatic heterocycles. The standard InChI is InChI=1S/C26H40N2O3S/c1-2-3-4-5-6-7-8-9-10-11-12-22-13-16-24(17-14-22)28(32(30)31)20-19-23-15-18-25(29)21-26(23)27/h13-18,21,29H,2-12,19-20,27H2,1H3,(H,30,31)/p-1. The van der Waals surface area contributed by atoms with E-state index in [1.165, 1.54) is 80.1 Å². The first-order chi connectivity index (χ1) is 15.5. The highest BCUT2D eigenvalue weighted by Crippen LogP contribution is 2.22. The van der Waals surface area contributed by atoms with Gasteiger partial charge in [-0.05, 0) is 48.6 Å². The molecular formula is C26H39N2O3S-. The van der Waals surface area contributed by atoms with Gasteiger partial charge < -0.3 is 19.7 Å². The second kappa shape index (κ2) is 14.9. The molecule has 2 aromatic rings. The molecule has 0 saturated heterocycles. The zero-order valence-corrected chi connectivity index (χ0v) is 20.2. The van der Waals surface area contributed by atoms with Crippen LogP contribution < -0.4 is 10.0 Å². The van der Waals surface area contributed by atoms with Crippen molar-refractivity contribution in [2.75, 3.05) is 16.6 Å². The number of aromatic hydroxyl groups is 1. The molecule has 2 aromatic carbocycles. The van der Waals surface area contributed by atoms with Gasteiger partial charge in [-0.3, -0.25) is 4.21 Å². The summed E-state index contributed by atoms with van der Waals surface area (Å²) in [6, 6.07) is 12.6. The number of anilines is 2. The SMILES string of the molecule is CCCCCCCCCCCCc1ccc(N(CCc2ccc(O)cc2N)S(=O)[O-])cc1. The number of phenols is 1. The van der Waals surface area contributed by atoms with Gasteiger partial charge in [-0.2, -0.15) is 0 Å². The highest BCUT2D eigenvalue weighted by atomic mass is 32.2. The number of phenolic OH excluding ortho intramolecular Hbond substituents is 1. The van der Waals surface area contributed by atoms with Crippen molar-refractivity contribution in [3.63, 3.8) is 0 Å². The van der Waals surface area contributed by atoms with Gasteiger partial charge in [-0.25, -0.2) is 0 Å². The summed E-state index contributed by atoms with van der Waals surface area (Å²) in [4.78, 5) is 0. The average molecular weight is 460 g/mol. The van der Waals surface area contributed by atoms with Gasteiger partial charge in [0, 0.05) is 35.3 Å². The quantitative estimate of drug-likeness (QED) is 0.176. The van der Waals surface area contributed by atoms with E-state index in [0.717, 1.165) is 12.0 Å². The van der Waals surface area contributed by atoms with Crippen molar-refractivity contribution in [1.29, 1.82) is 0 Å². The molecule has 0 heterocycles. The lowest BCUT2D eigenvalue weighted by molar-refractivity contribution is 0.475. The number of benzene rings is 2. The molecule has 178 valence electrons. The third-order valence-corrected chi connectivity index (χ3v) is 6.69. The molecule has 1 unspecified atom stereocenters. The summed E-state index contributed by atoms with van der Waals surface area (Å²) < 4.78 is 24.9. The molecular weight excluding hydrogens is 420 g/mol. The van der Waals surface area contributed by atoms with Gasteiger partial charge in [0.2, 0.25) is 0 Å². The fraction of sp³-hybridized carbons (Fsp3) is 0.538. The van der Waals surface area contributed by atoms with Crippen LogP contribution in [0.4, 0.5) is 11.4 Å². The number of hydrogen-bond donors (Lipinski definition) is 2. The summed E-state index contributed by atoms with van der Waals surface area (Å²) in [5.41, 5.74) is 9.10. The van der Waals surface area contributed by atoms with Crippen molar-refractivity contribution >= 4 is 22.6 Å². The number of nitrogen functional groups attached to an aromatic ring is 1. The number of hydrogen-bond acceptors (Lipinski definition) is 4. The van der Waals surface area contributed by atoms with E-state index in [1.807, 2.05) is 24.3 Å². The van der Waals surface area contributed by atoms with Gasteiger partial charge in [-0.15, -0.1) is 0 Å². The molecule has 5 nitrogen and oxygen atoms in total. The van der Waals surface area contributed by atoms with E-state index in [1.54, 1.807) is 12.1 Å². The topological polar surface area (TPSA) is 89.6 Å². The zero-order valence-electron chi connectivity index (χ0n) is 19.4. The third-order valence-electron chi connectivity index (χ3n) is 5.94. The molecule has 2 rings (SSSR count). The molecule has 6 heteroatoms. The molecule has 0 fully saturated rings. The Morgan fingerprint density at radius 2 is 1.47 bits per heavy atom. The Bertz CT molecular complexity index is 811. The van der Waals surface area contributed by atoms with Crippen LogP contribution in [0, 0.1) is 0 Å². The lowest BCUT2D eigenvalue weighted by Gasteiger charge is -2.27. The lowest BCUT2D eigenvalue weighted by Crippen LogP contribution is -2.28. The van der Waals surface area contributed by atoms with E-state index < -0.39 is 11.3 Å². The smallest absolute Gasteiger partial charge is 0.117 e. The van der Waals surface area contributed by atoms with E-state index in [4.69, 9.17) is 5.73 Å². The van der Waals surface area contributed by atoms with Crippen LogP contribution in [-0.4, -0.2) is 20.4 Å². The summed E-state index contributed by atoms with van der Waals surface area (Å²) in [7, 11) is 0. The van der Waals surface area contributed by atoms with Crippen molar-refractivity contribution < 1.29 is 13.9 Å². The maximum absolute atomic E-state index is 11.8. The fourth-order valence-corrected chi connectivity index (χ4v) is 4.50. The highest BCUT2D eigenvalue weighted by molar-refractivity contribution is 7.80. The maximum atomic E-state index is 11.8. The van der Waals surface area contributed by atoms with Crippen molar-refractivity contribution in [1.82, 2.24) is 0 Å².